The fraction of sp³-hybridized carbons (Fsp3) is 0.133. The maximum atomic E-state index is 12.2. The molecule has 0 fully saturated rings. The molecular weight excluding hydrogens is 383 g/mol. The van der Waals surface area contributed by atoms with Crippen LogP contribution in [-0.4, -0.2) is 41.5 Å². The quantitative estimate of drug-likeness (QED) is 0.661. The molecule has 26 heavy (non-hydrogen) atoms. The van der Waals surface area contributed by atoms with Crippen molar-refractivity contribution in [2.45, 2.75) is 13.1 Å². The van der Waals surface area contributed by atoms with Crippen molar-refractivity contribution in [3.8, 4) is 0 Å². The Hall–Kier alpha value is -2.91. The second-order valence-electron chi connectivity index (χ2n) is 5.22. The fourth-order valence-electron chi connectivity index (χ4n) is 2.20. The van der Waals surface area contributed by atoms with Crippen LogP contribution in [-0.2, 0) is 17.9 Å². The molecule has 1 aromatic carbocycles. The molecular formula is C15H12Cl2N6O3. The lowest BCUT2D eigenvalue weighted by molar-refractivity contribution is -0.137. The van der Waals surface area contributed by atoms with Crippen LogP contribution >= 0.6 is 23.2 Å². The number of nitrogens with one attached hydrogen (secondary N) is 1. The van der Waals surface area contributed by atoms with E-state index in [1.165, 1.54) is 23.3 Å². The number of benzene rings is 1. The molecule has 1 amide bonds. The topological polar surface area (TPSA) is 115 Å². The molecule has 0 spiro atoms. The van der Waals surface area contributed by atoms with E-state index in [9.17, 15) is 9.59 Å². The average molecular weight is 395 g/mol. The highest BCUT2D eigenvalue weighted by molar-refractivity contribution is 6.35. The first-order valence-corrected chi connectivity index (χ1v) is 8.06. The summed E-state index contributed by atoms with van der Waals surface area (Å²) in [6.07, 6.45) is 2.78. The number of carbonyl (C=O) groups is 2. The van der Waals surface area contributed by atoms with E-state index in [1.807, 2.05) is 0 Å². The van der Waals surface area contributed by atoms with E-state index in [0.717, 1.165) is 10.2 Å². The van der Waals surface area contributed by atoms with E-state index in [0.29, 0.717) is 16.6 Å². The number of amides is 1. The number of hydrogen-bond donors (Lipinski definition) is 2. The lowest BCUT2D eigenvalue weighted by Gasteiger charge is -2.05. The minimum absolute atomic E-state index is 0.0724. The molecule has 2 heterocycles. The second kappa shape index (κ2) is 7.54. The molecule has 0 atom stereocenters. The van der Waals surface area contributed by atoms with Gasteiger partial charge in [-0.2, -0.15) is 5.10 Å². The highest BCUT2D eigenvalue weighted by atomic mass is 35.5. The zero-order valence-corrected chi connectivity index (χ0v) is 14.6. The van der Waals surface area contributed by atoms with E-state index in [2.05, 4.69) is 20.5 Å². The number of rotatable bonds is 6. The van der Waals surface area contributed by atoms with Crippen LogP contribution in [0.3, 0.4) is 0 Å². The van der Waals surface area contributed by atoms with Gasteiger partial charge in [0.05, 0.1) is 6.54 Å². The van der Waals surface area contributed by atoms with Gasteiger partial charge in [0, 0.05) is 16.2 Å². The summed E-state index contributed by atoms with van der Waals surface area (Å²) in [4.78, 5) is 27.0. The first-order chi connectivity index (χ1) is 12.4. The first-order valence-electron chi connectivity index (χ1n) is 7.30. The third kappa shape index (κ3) is 4.19. The van der Waals surface area contributed by atoms with Crippen LogP contribution < -0.4 is 5.32 Å². The monoisotopic (exact) mass is 394 g/mol. The summed E-state index contributed by atoms with van der Waals surface area (Å²) in [7, 11) is 0. The number of carboxylic acid groups (broad SMARTS) is 1. The average Bonchev–Trinajstić information content (AvgIpc) is 3.19. The van der Waals surface area contributed by atoms with Gasteiger partial charge in [-0.05, 0) is 23.8 Å². The molecule has 2 N–H and O–H groups in total. The molecule has 0 aliphatic carbocycles. The van der Waals surface area contributed by atoms with Crippen LogP contribution in [0.1, 0.15) is 16.1 Å². The Morgan fingerprint density at radius 1 is 1.23 bits per heavy atom. The molecule has 0 saturated heterocycles. The molecule has 0 aliphatic rings. The van der Waals surface area contributed by atoms with Gasteiger partial charge in [0.25, 0.3) is 5.91 Å². The van der Waals surface area contributed by atoms with Crippen molar-refractivity contribution >= 4 is 41.0 Å². The molecule has 0 radical (unpaired) electrons. The number of aliphatic carboxylic acids is 1. The van der Waals surface area contributed by atoms with Gasteiger partial charge in [-0.3, -0.25) is 14.9 Å². The predicted octanol–water partition coefficient (Wildman–Crippen LogP) is 2.17. The van der Waals surface area contributed by atoms with Crippen LogP contribution in [0.5, 0.6) is 0 Å². The Labute approximate surface area is 157 Å². The van der Waals surface area contributed by atoms with E-state index in [1.54, 1.807) is 18.2 Å². The molecule has 134 valence electrons. The maximum Gasteiger partial charge on any atom is 0.325 e. The molecule has 3 rings (SSSR count). The third-order valence-electron chi connectivity index (χ3n) is 3.34. The highest BCUT2D eigenvalue weighted by Crippen LogP contribution is 2.21. The number of anilines is 1. The molecule has 3 aromatic rings. The van der Waals surface area contributed by atoms with Gasteiger partial charge >= 0.3 is 5.97 Å². The summed E-state index contributed by atoms with van der Waals surface area (Å²) in [5.74, 6) is -1.60. The van der Waals surface area contributed by atoms with Gasteiger partial charge in [-0.1, -0.05) is 29.3 Å². The van der Waals surface area contributed by atoms with Crippen molar-refractivity contribution in [2.24, 2.45) is 0 Å². The Bertz CT molecular complexity index is 968. The smallest absolute Gasteiger partial charge is 0.325 e. The Balaban J connectivity index is 1.69. The number of carbonyl (C=O) groups excluding carboxylic acids is 1. The van der Waals surface area contributed by atoms with E-state index in [-0.39, 0.29) is 11.6 Å². The molecule has 2 aromatic heterocycles. The van der Waals surface area contributed by atoms with Crippen LogP contribution in [0.4, 0.5) is 5.95 Å². The highest BCUT2D eigenvalue weighted by Gasteiger charge is 2.16. The maximum absolute atomic E-state index is 12.2. The zero-order chi connectivity index (χ0) is 18.7. The number of halogens is 2. The number of nitrogens with zero attached hydrogens (tertiary/aromatic N) is 5. The minimum atomic E-state index is -1.11. The van der Waals surface area contributed by atoms with Crippen molar-refractivity contribution in [3.63, 3.8) is 0 Å². The van der Waals surface area contributed by atoms with Crippen LogP contribution in [0.2, 0.25) is 10.0 Å². The van der Waals surface area contributed by atoms with Crippen LogP contribution in [0.25, 0.3) is 0 Å². The van der Waals surface area contributed by atoms with Gasteiger partial charge in [0.2, 0.25) is 5.95 Å². The van der Waals surface area contributed by atoms with E-state index < -0.39 is 18.4 Å². The van der Waals surface area contributed by atoms with Crippen molar-refractivity contribution in [1.82, 2.24) is 24.5 Å². The molecule has 0 unspecified atom stereocenters. The van der Waals surface area contributed by atoms with E-state index >= 15 is 0 Å². The summed E-state index contributed by atoms with van der Waals surface area (Å²) in [6.45, 7) is -0.0808. The second-order valence-corrected chi connectivity index (χ2v) is 6.07. The first kappa shape index (κ1) is 17.9. The molecule has 9 nitrogen and oxygen atoms in total. The van der Waals surface area contributed by atoms with Crippen LogP contribution in [0, 0.1) is 0 Å². The summed E-state index contributed by atoms with van der Waals surface area (Å²) in [6, 6.07) is 6.52. The number of carboxylic acids is 1. The predicted molar refractivity (Wildman–Crippen MR) is 93.4 cm³/mol. The lowest BCUT2D eigenvalue weighted by Crippen LogP contribution is -2.21. The number of hydrogen-bond acceptors (Lipinski definition) is 5. The van der Waals surface area contributed by atoms with Gasteiger partial charge in [0.1, 0.15) is 18.6 Å². The Morgan fingerprint density at radius 2 is 2.04 bits per heavy atom. The minimum Gasteiger partial charge on any atom is -0.480 e. The number of aromatic nitrogens is 5. The molecule has 0 saturated carbocycles. The van der Waals surface area contributed by atoms with Crippen molar-refractivity contribution in [2.75, 3.05) is 5.32 Å². The Morgan fingerprint density at radius 3 is 2.77 bits per heavy atom. The van der Waals surface area contributed by atoms with Crippen molar-refractivity contribution < 1.29 is 14.7 Å². The summed E-state index contributed by atoms with van der Waals surface area (Å²) in [5.41, 5.74) is 0.878. The third-order valence-corrected chi connectivity index (χ3v) is 3.93. The summed E-state index contributed by atoms with van der Waals surface area (Å²) < 4.78 is 2.57. The lowest BCUT2D eigenvalue weighted by atomic mass is 10.2. The fourth-order valence-corrected chi connectivity index (χ4v) is 2.67. The van der Waals surface area contributed by atoms with Gasteiger partial charge < -0.3 is 5.11 Å². The van der Waals surface area contributed by atoms with Crippen molar-refractivity contribution in [1.29, 1.82) is 0 Å². The molecule has 0 bridgehead atoms. The van der Waals surface area contributed by atoms with Gasteiger partial charge in [0.15, 0.2) is 0 Å². The van der Waals surface area contributed by atoms with Gasteiger partial charge in [-0.15, -0.1) is 5.10 Å². The molecule has 11 heteroatoms. The largest absolute Gasteiger partial charge is 0.480 e. The van der Waals surface area contributed by atoms with Crippen LogP contribution in [0.15, 0.2) is 36.8 Å². The van der Waals surface area contributed by atoms with Crippen molar-refractivity contribution in [3.05, 3.63) is 58.1 Å². The summed E-state index contributed by atoms with van der Waals surface area (Å²) >= 11 is 12.0. The summed E-state index contributed by atoms with van der Waals surface area (Å²) in [5, 5.41) is 20.3. The normalized spacial score (nSPS) is 10.7. The van der Waals surface area contributed by atoms with Gasteiger partial charge in [-0.25, -0.2) is 14.3 Å². The Kier molecular flexibility index (Phi) is 5.19. The standard InChI is InChI=1S/C15H12Cl2N6O3/c16-10-2-1-9(11(17)5-10)6-22-8-18-15(21-22)20-14(26)12-3-4-19-23(12)7-13(24)25/h1-5,8H,6-7H2,(H,24,25)(H,20,21,26). The molecule has 0 aliphatic heterocycles. The van der Waals surface area contributed by atoms with E-state index in [4.69, 9.17) is 28.3 Å². The SMILES string of the molecule is O=C(O)Cn1nccc1C(=O)Nc1ncn(Cc2ccc(Cl)cc2Cl)n1. The zero-order valence-electron chi connectivity index (χ0n) is 13.1.